The summed E-state index contributed by atoms with van der Waals surface area (Å²) in [6.45, 7) is 0.804. The molecule has 3 rings (SSSR count). The second-order valence-electron chi connectivity index (χ2n) is 5.87. The van der Waals surface area contributed by atoms with Gasteiger partial charge in [-0.15, -0.1) is 0 Å². The molecule has 0 aliphatic carbocycles. The Morgan fingerprint density at radius 3 is 2.46 bits per heavy atom. The molecule has 6 nitrogen and oxygen atoms in total. The molecule has 138 valence electrons. The number of phenols is 1. The van der Waals surface area contributed by atoms with Crippen LogP contribution in [0.3, 0.4) is 0 Å². The lowest BCUT2D eigenvalue weighted by Gasteiger charge is -2.16. The van der Waals surface area contributed by atoms with Crippen molar-refractivity contribution in [3.8, 4) is 5.75 Å². The Hall–Kier alpha value is -2.52. The van der Waals surface area contributed by atoms with Gasteiger partial charge in [0.05, 0.1) is 16.1 Å². The number of nitrogens with one attached hydrogen (secondary N) is 1. The topological polar surface area (TPSA) is 86.7 Å². The fourth-order valence-electron chi connectivity index (χ4n) is 2.71. The molecule has 0 bridgehead atoms. The van der Waals surface area contributed by atoms with E-state index in [4.69, 9.17) is 0 Å². The molecule has 0 aromatic heterocycles. The highest BCUT2D eigenvalue weighted by atomic mass is 32.2. The van der Waals surface area contributed by atoms with Gasteiger partial charge in [0.15, 0.2) is 0 Å². The zero-order valence-electron chi connectivity index (χ0n) is 13.6. The average molecular weight is 382 g/mol. The molecular formula is C17H16F2N2O4S. The van der Waals surface area contributed by atoms with E-state index in [0.717, 1.165) is 37.1 Å². The number of phenolic OH excluding ortho intramolecular Hbond substituents is 1. The predicted molar refractivity (Wildman–Crippen MR) is 90.4 cm³/mol. The number of anilines is 1. The SMILES string of the molecule is O=C(Nc1cc(S(=O)(=O)N2CCCC2)ccc1O)c1cc(F)ccc1F. The lowest BCUT2D eigenvalue weighted by Crippen LogP contribution is -2.28. The van der Waals surface area contributed by atoms with Crippen LogP contribution in [-0.2, 0) is 10.0 Å². The first-order chi connectivity index (χ1) is 12.3. The number of carbonyl (C=O) groups excluding carboxylic acids is 1. The molecule has 1 aliphatic rings. The van der Waals surface area contributed by atoms with Gasteiger partial charge in [0.1, 0.15) is 17.4 Å². The zero-order valence-corrected chi connectivity index (χ0v) is 14.4. The molecule has 9 heteroatoms. The van der Waals surface area contributed by atoms with E-state index in [-0.39, 0.29) is 10.6 Å². The third-order valence-corrected chi connectivity index (χ3v) is 5.99. The lowest BCUT2D eigenvalue weighted by atomic mass is 10.2. The Kier molecular flexibility index (Phi) is 4.92. The van der Waals surface area contributed by atoms with E-state index in [1.54, 1.807) is 0 Å². The number of amides is 1. The molecule has 2 N–H and O–H groups in total. The summed E-state index contributed by atoms with van der Waals surface area (Å²) < 4.78 is 53.4. The molecule has 1 amide bonds. The number of carbonyl (C=O) groups is 1. The van der Waals surface area contributed by atoms with Crippen LogP contribution in [0.2, 0.25) is 0 Å². The van der Waals surface area contributed by atoms with Crippen LogP contribution >= 0.6 is 0 Å². The highest BCUT2D eigenvalue weighted by Crippen LogP contribution is 2.29. The van der Waals surface area contributed by atoms with Crippen LogP contribution in [0.1, 0.15) is 23.2 Å². The van der Waals surface area contributed by atoms with Crippen molar-refractivity contribution < 1.29 is 27.1 Å². The van der Waals surface area contributed by atoms with E-state index < -0.39 is 38.9 Å². The smallest absolute Gasteiger partial charge is 0.258 e. The third kappa shape index (κ3) is 3.54. The lowest BCUT2D eigenvalue weighted by molar-refractivity contribution is 0.102. The number of nitrogens with zero attached hydrogens (tertiary/aromatic N) is 1. The summed E-state index contributed by atoms with van der Waals surface area (Å²) in [6.07, 6.45) is 1.53. The molecule has 26 heavy (non-hydrogen) atoms. The Labute approximate surface area is 149 Å². The summed E-state index contributed by atoms with van der Waals surface area (Å²) in [5, 5.41) is 12.1. The molecule has 0 saturated carbocycles. The van der Waals surface area contributed by atoms with E-state index in [1.807, 2.05) is 0 Å². The van der Waals surface area contributed by atoms with Crippen LogP contribution in [-0.4, -0.2) is 36.8 Å². The number of aromatic hydroxyl groups is 1. The van der Waals surface area contributed by atoms with Crippen LogP contribution in [0.15, 0.2) is 41.3 Å². The molecule has 2 aromatic carbocycles. The van der Waals surface area contributed by atoms with Gasteiger partial charge >= 0.3 is 0 Å². The molecule has 1 fully saturated rings. The zero-order chi connectivity index (χ0) is 18.9. The number of rotatable bonds is 4. The minimum atomic E-state index is -3.76. The molecule has 0 unspecified atom stereocenters. The van der Waals surface area contributed by atoms with Gasteiger partial charge in [-0.2, -0.15) is 4.31 Å². The van der Waals surface area contributed by atoms with E-state index in [9.17, 15) is 27.1 Å². The fraction of sp³-hybridized carbons (Fsp3) is 0.235. The van der Waals surface area contributed by atoms with Crippen molar-refractivity contribution in [1.29, 1.82) is 0 Å². The largest absolute Gasteiger partial charge is 0.506 e. The molecule has 0 atom stereocenters. The minimum Gasteiger partial charge on any atom is -0.506 e. The van der Waals surface area contributed by atoms with Crippen molar-refractivity contribution in [1.82, 2.24) is 4.31 Å². The van der Waals surface area contributed by atoms with Gasteiger partial charge in [0.25, 0.3) is 5.91 Å². The average Bonchev–Trinajstić information content (AvgIpc) is 3.14. The normalized spacial score (nSPS) is 15.2. The first-order valence-corrected chi connectivity index (χ1v) is 9.32. The van der Waals surface area contributed by atoms with Crippen molar-refractivity contribution in [3.63, 3.8) is 0 Å². The highest BCUT2D eigenvalue weighted by molar-refractivity contribution is 7.89. The quantitative estimate of drug-likeness (QED) is 0.796. The van der Waals surface area contributed by atoms with Crippen LogP contribution in [0.25, 0.3) is 0 Å². The van der Waals surface area contributed by atoms with Gasteiger partial charge in [0.2, 0.25) is 10.0 Å². The standard InChI is InChI=1S/C17H16F2N2O4S/c18-11-3-5-14(19)13(9-11)17(23)20-15-10-12(4-6-16(15)22)26(24,25)21-7-1-2-8-21/h3-6,9-10,22H,1-2,7-8H2,(H,20,23). The summed E-state index contributed by atoms with van der Waals surface area (Å²) in [7, 11) is -3.76. The maximum absolute atomic E-state index is 13.7. The van der Waals surface area contributed by atoms with Crippen LogP contribution in [0.4, 0.5) is 14.5 Å². The molecule has 0 radical (unpaired) electrons. The van der Waals surface area contributed by atoms with E-state index >= 15 is 0 Å². The van der Waals surface area contributed by atoms with Crippen molar-refractivity contribution in [2.45, 2.75) is 17.7 Å². The summed E-state index contributed by atoms with van der Waals surface area (Å²) in [4.78, 5) is 12.1. The number of hydrogen-bond donors (Lipinski definition) is 2. The van der Waals surface area contributed by atoms with Crippen molar-refractivity contribution in [3.05, 3.63) is 53.6 Å². The first-order valence-electron chi connectivity index (χ1n) is 7.88. The number of halogens is 2. The Morgan fingerprint density at radius 1 is 1.08 bits per heavy atom. The molecule has 1 heterocycles. The fourth-order valence-corrected chi connectivity index (χ4v) is 4.26. The third-order valence-electron chi connectivity index (χ3n) is 4.09. The Morgan fingerprint density at radius 2 is 1.77 bits per heavy atom. The van der Waals surface area contributed by atoms with E-state index in [2.05, 4.69) is 5.32 Å². The summed E-state index contributed by atoms with van der Waals surface area (Å²) in [5.74, 6) is -3.14. The maximum atomic E-state index is 13.7. The second-order valence-corrected chi connectivity index (χ2v) is 7.81. The number of benzene rings is 2. The minimum absolute atomic E-state index is 0.104. The molecule has 0 spiro atoms. The van der Waals surface area contributed by atoms with Gasteiger partial charge in [-0.05, 0) is 49.2 Å². The van der Waals surface area contributed by atoms with Gasteiger partial charge < -0.3 is 10.4 Å². The molecular weight excluding hydrogens is 366 g/mol. The Bertz CT molecular complexity index is 957. The van der Waals surface area contributed by atoms with Crippen molar-refractivity contribution in [2.75, 3.05) is 18.4 Å². The Balaban J connectivity index is 1.91. The predicted octanol–water partition coefficient (Wildman–Crippen LogP) is 2.71. The monoisotopic (exact) mass is 382 g/mol. The van der Waals surface area contributed by atoms with Gasteiger partial charge in [-0.25, -0.2) is 17.2 Å². The van der Waals surface area contributed by atoms with Gasteiger partial charge in [-0.3, -0.25) is 4.79 Å². The van der Waals surface area contributed by atoms with Crippen LogP contribution in [0.5, 0.6) is 5.75 Å². The molecule has 1 aliphatic heterocycles. The summed E-state index contributed by atoms with van der Waals surface area (Å²) in [6, 6.07) is 5.83. The molecule has 2 aromatic rings. The number of hydrogen-bond acceptors (Lipinski definition) is 4. The summed E-state index contributed by atoms with van der Waals surface area (Å²) in [5.41, 5.74) is -0.767. The molecule has 1 saturated heterocycles. The van der Waals surface area contributed by atoms with Gasteiger partial charge in [-0.1, -0.05) is 0 Å². The second kappa shape index (κ2) is 7.00. The summed E-state index contributed by atoms with van der Waals surface area (Å²) >= 11 is 0. The maximum Gasteiger partial charge on any atom is 0.258 e. The van der Waals surface area contributed by atoms with Crippen LogP contribution in [0, 0.1) is 11.6 Å². The van der Waals surface area contributed by atoms with Gasteiger partial charge in [0, 0.05) is 13.1 Å². The van der Waals surface area contributed by atoms with E-state index in [1.165, 1.54) is 10.4 Å². The van der Waals surface area contributed by atoms with Crippen molar-refractivity contribution in [2.24, 2.45) is 0 Å². The first kappa shape index (κ1) is 18.3. The van der Waals surface area contributed by atoms with E-state index in [0.29, 0.717) is 19.2 Å². The number of sulfonamides is 1. The highest BCUT2D eigenvalue weighted by Gasteiger charge is 2.28. The van der Waals surface area contributed by atoms with Crippen molar-refractivity contribution >= 4 is 21.6 Å². The van der Waals surface area contributed by atoms with Crippen LogP contribution < -0.4 is 5.32 Å².